The van der Waals surface area contributed by atoms with E-state index in [4.69, 9.17) is 9.40 Å². The van der Waals surface area contributed by atoms with Crippen LogP contribution < -0.4 is 0 Å². The third kappa shape index (κ3) is 5.38. The van der Waals surface area contributed by atoms with Crippen LogP contribution in [0.5, 0.6) is 0 Å². The maximum absolute atomic E-state index is 7.04. The van der Waals surface area contributed by atoms with Crippen molar-refractivity contribution in [3.8, 4) is 39.3 Å². The Kier molecular flexibility index (Phi) is 7.87. The van der Waals surface area contributed by atoms with Crippen molar-refractivity contribution in [2.75, 3.05) is 0 Å². The molecule has 2 heterocycles. The van der Waals surface area contributed by atoms with E-state index in [0.717, 1.165) is 44.4 Å². The molecular weight excluding hydrogens is 705 g/mol. The fourth-order valence-electron chi connectivity index (χ4n) is 9.20. The molecule has 0 aliphatic carbocycles. The Labute approximate surface area is 337 Å². The zero-order chi connectivity index (χ0) is 39.1. The largest absolute Gasteiger partial charge is 0.455 e. The van der Waals surface area contributed by atoms with Gasteiger partial charge in [-0.2, -0.15) is 0 Å². The van der Waals surface area contributed by atoms with Crippen LogP contribution in [0.3, 0.4) is 0 Å². The lowest BCUT2D eigenvalue weighted by Gasteiger charge is -2.24. The van der Waals surface area contributed by atoms with Crippen molar-refractivity contribution < 1.29 is 4.42 Å². The van der Waals surface area contributed by atoms with E-state index in [1.54, 1.807) is 0 Å². The highest BCUT2D eigenvalue weighted by Crippen LogP contribution is 2.45. The third-order valence-electron chi connectivity index (χ3n) is 12.1. The van der Waals surface area contributed by atoms with Gasteiger partial charge in [-0.05, 0) is 115 Å². The summed E-state index contributed by atoms with van der Waals surface area (Å²) in [6, 6.07) is 61.6. The number of fused-ring (bicyclic) bond motifs is 9. The van der Waals surface area contributed by atoms with E-state index < -0.39 is 0 Å². The molecule has 0 saturated heterocycles. The van der Waals surface area contributed by atoms with Crippen LogP contribution in [0.1, 0.15) is 50.7 Å². The summed E-state index contributed by atoms with van der Waals surface area (Å²) in [5, 5.41) is 9.38. The van der Waals surface area contributed by atoms with Crippen LogP contribution in [-0.4, -0.2) is 9.55 Å². The molecule has 0 N–H and O–H groups in total. The van der Waals surface area contributed by atoms with Crippen molar-refractivity contribution in [1.29, 1.82) is 0 Å². The molecular formula is C55H42N2O. The highest BCUT2D eigenvalue weighted by molar-refractivity contribution is 6.18. The topological polar surface area (TPSA) is 31.0 Å². The number of para-hydroxylation sites is 1. The molecule has 58 heavy (non-hydrogen) atoms. The second-order valence-electron chi connectivity index (χ2n) is 16.3. The van der Waals surface area contributed by atoms with Crippen LogP contribution in [0.15, 0.2) is 174 Å². The summed E-state index contributed by atoms with van der Waals surface area (Å²) in [5.74, 6) is 1.39. The van der Waals surface area contributed by atoms with E-state index >= 15 is 0 Å². The van der Waals surface area contributed by atoms with E-state index in [2.05, 4.69) is 202 Å². The fourth-order valence-corrected chi connectivity index (χ4v) is 9.20. The molecule has 0 atom stereocenters. The number of hydrogen-bond acceptors (Lipinski definition) is 2. The molecule has 0 saturated carbocycles. The number of nitrogens with zero attached hydrogens (tertiary/aromatic N) is 2. The molecule has 2 aromatic heterocycles. The minimum absolute atomic E-state index is 0.254. The average Bonchev–Trinajstić information content (AvgIpc) is 3.84. The van der Waals surface area contributed by atoms with E-state index in [-0.39, 0.29) is 11.8 Å². The van der Waals surface area contributed by atoms with Gasteiger partial charge in [0.15, 0.2) is 0 Å². The molecule has 3 nitrogen and oxygen atoms in total. The lowest BCUT2D eigenvalue weighted by molar-refractivity contribution is 0.670. The summed E-state index contributed by atoms with van der Waals surface area (Å²) in [7, 11) is 0. The van der Waals surface area contributed by atoms with Crippen LogP contribution >= 0.6 is 0 Å². The Balaban J connectivity index is 1.19. The first kappa shape index (κ1) is 34.3. The molecule has 0 aliphatic rings. The van der Waals surface area contributed by atoms with E-state index in [1.807, 2.05) is 0 Å². The lowest BCUT2D eigenvalue weighted by atomic mass is 9.88. The van der Waals surface area contributed by atoms with Gasteiger partial charge in [0.05, 0.1) is 22.3 Å². The van der Waals surface area contributed by atoms with Crippen LogP contribution in [0.4, 0.5) is 0 Å². The van der Waals surface area contributed by atoms with Gasteiger partial charge in [0, 0.05) is 16.2 Å². The average molecular weight is 747 g/mol. The number of benzene rings is 9. The van der Waals surface area contributed by atoms with Crippen LogP contribution in [-0.2, 0) is 0 Å². The van der Waals surface area contributed by atoms with E-state index in [1.165, 1.54) is 71.4 Å². The molecule has 0 radical (unpaired) electrons. The molecule has 11 rings (SSSR count). The summed E-state index contributed by atoms with van der Waals surface area (Å²) >= 11 is 0. The van der Waals surface area contributed by atoms with Gasteiger partial charge in [-0.3, -0.25) is 4.57 Å². The molecule has 3 heteroatoms. The van der Waals surface area contributed by atoms with Gasteiger partial charge >= 0.3 is 0 Å². The number of furan rings is 1. The van der Waals surface area contributed by atoms with Crippen molar-refractivity contribution in [3.63, 3.8) is 0 Å². The van der Waals surface area contributed by atoms with Gasteiger partial charge in [0.2, 0.25) is 0 Å². The van der Waals surface area contributed by atoms with Gasteiger partial charge in [0.1, 0.15) is 17.0 Å². The predicted molar refractivity (Wildman–Crippen MR) is 245 cm³/mol. The van der Waals surface area contributed by atoms with Crippen LogP contribution in [0, 0.1) is 0 Å². The molecule has 0 amide bonds. The van der Waals surface area contributed by atoms with Crippen molar-refractivity contribution >= 4 is 65.3 Å². The van der Waals surface area contributed by atoms with Gasteiger partial charge in [0.25, 0.3) is 0 Å². The van der Waals surface area contributed by atoms with E-state index in [9.17, 15) is 0 Å². The summed E-state index contributed by atoms with van der Waals surface area (Å²) in [4.78, 5) is 5.54. The first-order chi connectivity index (χ1) is 28.4. The summed E-state index contributed by atoms with van der Waals surface area (Å²) in [5.41, 5.74) is 13.5. The Morgan fingerprint density at radius 2 is 1.09 bits per heavy atom. The second kappa shape index (κ2) is 13.3. The molecule has 9 aromatic carbocycles. The summed E-state index contributed by atoms with van der Waals surface area (Å²) < 4.78 is 9.51. The zero-order valence-electron chi connectivity index (χ0n) is 33.1. The van der Waals surface area contributed by atoms with Crippen LogP contribution in [0.2, 0.25) is 0 Å². The lowest BCUT2D eigenvalue weighted by Crippen LogP contribution is -2.09. The first-order valence-corrected chi connectivity index (χ1v) is 20.4. The highest BCUT2D eigenvalue weighted by atomic mass is 16.3. The first-order valence-electron chi connectivity index (χ1n) is 20.4. The highest BCUT2D eigenvalue weighted by Gasteiger charge is 2.26. The number of imidazole rings is 1. The van der Waals surface area contributed by atoms with Gasteiger partial charge in [-0.25, -0.2) is 4.98 Å². The Morgan fingerprint density at radius 3 is 1.81 bits per heavy atom. The maximum Gasteiger partial charge on any atom is 0.149 e. The Hall–Kier alpha value is -6.97. The fraction of sp³-hybridized carbons (Fsp3) is 0.109. The zero-order valence-corrected chi connectivity index (χ0v) is 33.1. The normalized spacial score (nSPS) is 12.1. The number of aromatic nitrogens is 2. The van der Waals surface area contributed by atoms with Crippen molar-refractivity contribution in [3.05, 3.63) is 181 Å². The standard InChI is InChI=1S/C55H42N2O/c1-33(2)46-30-41(36-16-9-6-10-17-36)31-47(34(3)4)52(46)57-53-43-19-12-11-18-37(43)25-27-50(53)56-55(57)45-21-13-20-44-49-29-40-23-22-39-28-38(35-14-7-5-8-15-35)24-26-42(39)48(40)32-51(49)58-54(44)45/h5-34H,1-4H3. The predicted octanol–water partition coefficient (Wildman–Crippen LogP) is 15.6. The molecule has 0 bridgehead atoms. The summed E-state index contributed by atoms with van der Waals surface area (Å²) in [6.07, 6.45) is 0. The van der Waals surface area contributed by atoms with Crippen LogP contribution in [0.25, 0.3) is 105 Å². The van der Waals surface area contributed by atoms with Crippen molar-refractivity contribution in [1.82, 2.24) is 9.55 Å². The molecule has 0 unspecified atom stereocenters. The Bertz CT molecular complexity index is 3360. The summed E-state index contributed by atoms with van der Waals surface area (Å²) in [6.45, 7) is 9.24. The van der Waals surface area contributed by atoms with Gasteiger partial charge in [-0.1, -0.05) is 155 Å². The van der Waals surface area contributed by atoms with E-state index in [0.29, 0.717) is 0 Å². The molecule has 0 spiro atoms. The number of hydrogen-bond donors (Lipinski definition) is 0. The third-order valence-corrected chi connectivity index (χ3v) is 12.1. The van der Waals surface area contributed by atoms with Crippen molar-refractivity contribution in [2.45, 2.75) is 39.5 Å². The molecule has 0 fully saturated rings. The van der Waals surface area contributed by atoms with Gasteiger partial charge < -0.3 is 4.42 Å². The van der Waals surface area contributed by atoms with Gasteiger partial charge in [-0.15, -0.1) is 0 Å². The Morgan fingerprint density at radius 1 is 0.448 bits per heavy atom. The molecule has 278 valence electrons. The van der Waals surface area contributed by atoms with Crippen molar-refractivity contribution in [2.24, 2.45) is 0 Å². The molecule has 0 aliphatic heterocycles. The minimum Gasteiger partial charge on any atom is -0.455 e. The maximum atomic E-state index is 7.04. The molecule has 11 aromatic rings. The minimum atomic E-state index is 0.254. The number of rotatable bonds is 6. The SMILES string of the molecule is CC(C)c1cc(-c2ccccc2)cc(C(C)C)c1-n1c(-c2cccc3c2oc2cc4c(ccc5cc(-c6ccccc6)ccc54)cc23)nc2ccc3ccccc3c21. The quantitative estimate of drug-likeness (QED) is 0.159. The second-order valence-corrected chi connectivity index (χ2v) is 16.3. The monoisotopic (exact) mass is 746 g/mol. The smallest absolute Gasteiger partial charge is 0.149 e.